The molecule has 3 rings (SSSR count). The summed E-state index contributed by atoms with van der Waals surface area (Å²) in [6, 6.07) is 0. The Kier molecular flexibility index (Phi) is 22.5. The van der Waals surface area contributed by atoms with E-state index in [0.29, 0.717) is 36.9 Å². The molecule has 0 aromatic heterocycles. The molecule has 0 radical (unpaired) electrons. The van der Waals surface area contributed by atoms with Crippen molar-refractivity contribution >= 4 is 11.8 Å². The minimum atomic E-state index is -0.0451. The molecule has 0 saturated heterocycles. The summed E-state index contributed by atoms with van der Waals surface area (Å²) >= 11 is 0. The molecular formula is C40H74N4O5. The molecule has 3 aliphatic carbocycles. The second-order valence-corrected chi connectivity index (χ2v) is 15.6. The predicted octanol–water partition coefficient (Wildman–Crippen LogP) is 8.80. The van der Waals surface area contributed by atoms with Gasteiger partial charge < -0.3 is 4.74 Å². The van der Waals surface area contributed by atoms with Crippen LogP contribution in [0.15, 0.2) is 12.2 Å². The van der Waals surface area contributed by atoms with Crippen LogP contribution in [0.5, 0.6) is 0 Å². The van der Waals surface area contributed by atoms with Crippen molar-refractivity contribution in [1.82, 2.24) is 22.0 Å². The average Bonchev–Trinajstić information content (AvgIpc) is 3.10. The van der Waals surface area contributed by atoms with Crippen molar-refractivity contribution in [1.29, 1.82) is 0 Å². The molecule has 3 fully saturated rings. The van der Waals surface area contributed by atoms with Gasteiger partial charge in [-0.05, 0) is 120 Å². The molecule has 7 atom stereocenters. The average molecular weight is 691 g/mol. The first kappa shape index (κ1) is 41.9. The van der Waals surface area contributed by atoms with Crippen LogP contribution in [0.2, 0.25) is 0 Å². The SMILES string of the molecule is CCCCCCCCC=CCCCCCCCCOC1CC(C)CC(C(=O)NNOCC2CCC3CC(C(=O)NNOCC)CCC3C2)C1. The van der Waals surface area contributed by atoms with Gasteiger partial charge in [0.2, 0.25) is 11.8 Å². The van der Waals surface area contributed by atoms with E-state index in [4.69, 9.17) is 14.4 Å². The summed E-state index contributed by atoms with van der Waals surface area (Å²) < 4.78 is 6.27. The number of hydrogen-bond donors (Lipinski definition) is 4. The number of ether oxygens (including phenoxy) is 1. The lowest BCUT2D eigenvalue weighted by atomic mass is 9.65. The fraction of sp³-hybridized carbons (Fsp3) is 0.900. The number of fused-ring (bicyclic) bond motifs is 1. The van der Waals surface area contributed by atoms with Gasteiger partial charge in [0, 0.05) is 18.4 Å². The Morgan fingerprint density at radius 1 is 0.633 bits per heavy atom. The molecule has 0 spiro atoms. The van der Waals surface area contributed by atoms with Gasteiger partial charge in [0.25, 0.3) is 0 Å². The number of rotatable bonds is 26. The van der Waals surface area contributed by atoms with Crippen molar-refractivity contribution < 1.29 is 24.0 Å². The zero-order chi connectivity index (χ0) is 34.9. The zero-order valence-electron chi connectivity index (χ0n) is 31.6. The molecular weight excluding hydrogens is 616 g/mol. The molecule has 0 aliphatic heterocycles. The Morgan fingerprint density at radius 2 is 1.24 bits per heavy atom. The molecule has 0 aromatic carbocycles. The van der Waals surface area contributed by atoms with E-state index in [-0.39, 0.29) is 29.8 Å². The lowest BCUT2D eigenvalue weighted by Crippen LogP contribution is -2.45. The molecule has 3 saturated carbocycles. The van der Waals surface area contributed by atoms with Crippen LogP contribution in [0.4, 0.5) is 0 Å². The van der Waals surface area contributed by atoms with Gasteiger partial charge in [0.15, 0.2) is 0 Å². The van der Waals surface area contributed by atoms with Gasteiger partial charge in [-0.25, -0.2) is 0 Å². The Balaban J connectivity index is 1.16. The third kappa shape index (κ3) is 18.0. The van der Waals surface area contributed by atoms with Gasteiger partial charge in [0.1, 0.15) is 0 Å². The van der Waals surface area contributed by atoms with Gasteiger partial charge in [-0.1, -0.05) is 83.8 Å². The quantitative estimate of drug-likeness (QED) is 0.0408. The number of unbranched alkanes of at least 4 members (excludes halogenated alkanes) is 12. The van der Waals surface area contributed by atoms with E-state index >= 15 is 0 Å². The van der Waals surface area contributed by atoms with Crippen molar-refractivity contribution in [3.05, 3.63) is 12.2 Å². The van der Waals surface area contributed by atoms with Gasteiger partial charge in [-0.15, -0.1) is 11.2 Å². The summed E-state index contributed by atoms with van der Waals surface area (Å²) in [4.78, 5) is 36.2. The van der Waals surface area contributed by atoms with E-state index in [0.717, 1.165) is 70.8 Å². The summed E-state index contributed by atoms with van der Waals surface area (Å²) in [7, 11) is 0. The summed E-state index contributed by atoms with van der Waals surface area (Å²) in [6.45, 7) is 8.28. The maximum Gasteiger partial charge on any atom is 0.239 e. The molecule has 9 nitrogen and oxygen atoms in total. The molecule has 0 heterocycles. The van der Waals surface area contributed by atoms with Gasteiger partial charge in [0.05, 0.1) is 19.3 Å². The second-order valence-electron chi connectivity index (χ2n) is 15.6. The highest BCUT2D eigenvalue weighted by atomic mass is 16.7. The molecule has 49 heavy (non-hydrogen) atoms. The van der Waals surface area contributed by atoms with E-state index in [1.165, 1.54) is 83.5 Å². The van der Waals surface area contributed by atoms with E-state index in [1.807, 2.05) is 6.92 Å². The summed E-state index contributed by atoms with van der Waals surface area (Å²) in [5, 5.41) is 0. The Hall–Kier alpha value is -1.52. The van der Waals surface area contributed by atoms with Gasteiger partial charge in [-0.2, -0.15) is 0 Å². The van der Waals surface area contributed by atoms with Crippen LogP contribution in [0.3, 0.4) is 0 Å². The van der Waals surface area contributed by atoms with E-state index in [1.54, 1.807) is 0 Å². The van der Waals surface area contributed by atoms with Crippen LogP contribution in [0.1, 0.15) is 168 Å². The zero-order valence-corrected chi connectivity index (χ0v) is 31.6. The molecule has 0 bridgehead atoms. The number of carbonyl (C=O) groups is 2. The van der Waals surface area contributed by atoms with Crippen molar-refractivity contribution in [2.45, 2.75) is 175 Å². The number of hydrogen-bond acceptors (Lipinski definition) is 7. The van der Waals surface area contributed by atoms with Crippen LogP contribution in [-0.2, 0) is 24.0 Å². The highest BCUT2D eigenvalue weighted by Gasteiger charge is 2.38. The number of nitrogens with one attached hydrogen (secondary N) is 4. The van der Waals surface area contributed by atoms with Gasteiger partial charge >= 0.3 is 0 Å². The van der Waals surface area contributed by atoms with Crippen LogP contribution < -0.4 is 22.0 Å². The van der Waals surface area contributed by atoms with Crippen molar-refractivity contribution in [3.8, 4) is 0 Å². The smallest absolute Gasteiger partial charge is 0.239 e. The monoisotopic (exact) mass is 691 g/mol. The molecule has 284 valence electrons. The summed E-state index contributed by atoms with van der Waals surface area (Å²) in [6.07, 6.45) is 32.4. The van der Waals surface area contributed by atoms with E-state index in [9.17, 15) is 9.59 Å². The number of allylic oxidation sites excluding steroid dienone is 2. The summed E-state index contributed by atoms with van der Waals surface area (Å²) in [5.74, 6) is 2.27. The molecule has 0 aromatic rings. The van der Waals surface area contributed by atoms with Crippen LogP contribution in [0, 0.1) is 35.5 Å². The first-order valence-corrected chi connectivity index (χ1v) is 20.6. The maximum absolute atomic E-state index is 13.0. The lowest BCUT2D eigenvalue weighted by molar-refractivity contribution is -0.137. The van der Waals surface area contributed by atoms with E-state index < -0.39 is 0 Å². The number of amides is 2. The third-order valence-electron chi connectivity index (χ3n) is 11.3. The predicted molar refractivity (Wildman–Crippen MR) is 197 cm³/mol. The number of carbonyl (C=O) groups excluding carboxylic acids is 2. The molecule has 7 unspecified atom stereocenters. The normalized spacial score (nSPS) is 27.2. The third-order valence-corrected chi connectivity index (χ3v) is 11.3. The topological polar surface area (TPSA) is 110 Å². The first-order chi connectivity index (χ1) is 24.0. The minimum Gasteiger partial charge on any atom is -0.378 e. The van der Waals surface area contributed by atoms with Crippen LogP contribution in [-0.4, -0.2) is 37.7 Å². The Bertz CT molecular complexity index is 904. The number of hydrazine groups is 2. The van der Waals surface area contributed by atoms with Gasteiger partial charge in [-0.3, -0.25) is 30.1 Å². The Morgan fingerprint density at radius 3 is 1.96 bits per heavy atom. The summed E-state index contributed by atoms with van der Waals surface area (Å²) in [5.41, 5.74) is 10.8. The van der Waals surface area contributed by atoms with Crippen LogP contribution in [0.25, 0.3) is 0 Å². The second kappa shape index (κ2) is 26.3. The maximum atomic E-state index is 13.0. The van der Waals surface area contributed by atoms with Crippen LogP contribution >= 0.6 is 0 Å². The lowest BCUT2D eigenvalue weighted by Gasteiger charge is -2.41. The highest BCUT2D eigenvalue weighted by Crippen LogP contribution is 2.44. The van der Waals surface area contributed by atoms with Crippen molar-refractivity contribution in [2.75, 3.05) is 19.8 Å². The Labute approximate surface area is 299 Å². The fourth-order valence-corrected chi connectivity index (χ4v) is 8.47. The standard InChI is InChI=1S/C40H74N4O5/c1-4-6-7-8-9-10-11-12-13-14-15-16-17-18-19-20-25-47-38-27-32(3)26-37(30-38)40(46)42-44-49-31-33-21-22-35-29-36(24-23-34(35)28-33)39(45)41-43-48-5-2/h12-13,32-38,43-44H,4-11,14-31H2,1-3H3,(H,41,45)(H,42,46). The minimum absolute atomic E-state index is 0.0107. The molecule has 9 heteroatoms. The van der Waals surface area contributed by atoms with Crippen molar-refractivity contribution in [2.24, 2.45) is 35.5 Å². The largest absolute Gasteiger partial charge is 0.378 e. The van der Waals surface area contributed by atoms with E-state index in [2.05, 4.69) is 48.0 Å². The molecule has 2 amide bonds. The fourth-order valence-electron chi connectivity index (χ4n) is 8.47. The molecule has 3 aliphatic rings. The molecule has 4 N–H and O–H groups in total. The first-order valence-electron chi connectivity index (χ1n) is 20.6. The highest BCUT2D eigenvalue weighted by molar-refractivity contribution is 5.78. The van der Waals surface area contributed by atoms with Crippen molar-refractivity contribution in [3.63, 3.8) is 0 Å².